The van der Waals surface area contributed by atoms with Crippen molar-refractivity contribution in [2.24, 2.45) is 0 Å². The van der Waals surface area contributed by atoms with E-state index in [1.807, 2.05) is 6.07 Å². The number of anilines is 1. The Labute approximate surface area is 121 Å². The van der Waals surface area contributed by atoms with Crippen molar-refractivity contribution in [3.63, 3.8) is 0 Å². The Balaban J connectivity index is 2.97. The zero-order valence-electron chi connectivity index (χ0n) is 11.3. The Hall–Kier alpha value is -2.26. The third kappa shape index (κ3) is 3.19. The number of likely N-dealkylation sites (N-methyl/N-ethyl adjacent to an activating group) is 1. The first-order chi connectivity index (χ1) is 9.20. The Bertz CT molecular complexity index is 593. The lowest BCUT2D eigenvalue weighted by Crippen LogP contribution is -2.52. The Kier molecular flexibility index (Phi) is 4.58. The molecular weight excluding hydrogens is 282 g/mol. The second kappa shape index (κ2) is 5.80. The second-order valence-corrected chi connectivity index (χ2v) is 5.07. The number of carboxylic acid groups (broad SMARTS) is 1. The summed E-state index contributed by atoms with van der Waals surface area (Å²) in [6.45, 7) is 2.81. The zero-order valence-corrected chi connectivity index (χ0v) is 12.0. The molecule has 2 amide bonds. The first-order valence-corrected chi connectivity index (χ1v) is 6.05. The molecule has 1 aromatic carbocycles. The summed E-state index contributed by atoms with van der Waals surface area (Å²) in [7, 11) is 1.37. The van der Waals surface area contributed by atoms with Crippen LogP contribution < -0.4 is 5.32 Å². The summed E-state index contributed by atoms with van der Waals surface area (Å²) < 4.78 is 0. The number of benzene rings is 1. The number of nitrogens with zero attached hydrogens (tertiary/aromatic N) is 2. The highest BCUT2D eigenvalue weighted by Crippen LogP contribution is 2.24. The predicted molar refractivity (Wildman–Crippen MR) is 74.7 cm³/mol. The number of amides is 2. The van der Waals surface area contributed by atoms with Crippen LogP contribution in [0.2, 0.25) is 5.02 Å². The van der Waals surface area contributed by atoms with Crippen molar-refractivity contribution < 1.29 is 14.7 Å². The number of urea groups is 1. The number of rotatable bonds is 3. The van der Waals surface area contributed by atoms with Crippen LogP contribution in [0.5, 0.6) is 0 Å². The van der Waals surface area contributed by atoms with Crippen molar-refractivity contribution in [2.45, 2.75) is 19.4 Å². The first-order valence-electron chi connectivity index (χ1n) is 5.68. The van der Waals surface area contributed by atoms with Gasteiger partial charge in [0, 0.05) is 7.05 Å². The summed E-state index contributed by atoms with van der Waals surface area (Å²) in [5.41, 5.74) is -0.780. The molecule has 6 nitrogen and oxygen atoms in total. The van der Waals surface area contributed by atoms with Gasteiger partial charge in [-0.2, -0.15) is 5.26 Å². The van der Waals surface area contributed by atoms with Crippen LogP contribution in [-0.2, 0) is 4.79 Å². The maximum atomic E-state index is 12.0. The van der Waals surface area contributed by atoms with Crippen LogP contribution in [0.4, 0.5) is 10.5 Å². The van der Waals surface area contributed by atoms with Gasteiger partial charge >= 0.3 is 12.0 Å². The molecule has 0 aromatic heterocycles. The van der Waals surface area contributed by atoms with Crippen LogP contribution in [0, 0.1) is 11.3 Å². The minimum Gasteiger partial charge on any atom is -0.480 e. The fourth-order valence-electron chi connectivity index (χ4n) is 1.29. The molecule has 0 atom stereocenters. The van der Waals surface area contributed by atoms with Gasteiger partial charge in [0.2, 0.25) is 0 Å². The van der Waals surface area contributed by atoms with Gasteiger partial charge in [-0.15, -0.1) is 0 Å². The lowest BCUT2D eigenvalue weighted by Gasteiger charge is -2.31. The Morgan fingerprint density at radius 3 is 2.55 bits per heavy atom. The van der Waals surface area contributed by atoms with Crippen molar-refractivity contribution in [3.8, 4) is 6.07 Å². The van der Waals surface area contributed by atoms with Crippen molar-refractivity contribution in [1.29, 1.82) is 5.26 Å². The van der Waals surface area contributed by atoms with E-state index in [4.69, 9.17) is 22.0 Å². The van der Waals surface area contributed by atoms with E-state index in [1.165, 1.54) is 39.1 Å². The number of hydrogen-bond donors (Lipinski definition) is 2. The summed E-state index contributed by atoms with van der Waals surface area (Å²) in [6.07, 6.45) is 0. The summed E-state index contributed by atoms with van der Waals surface area (Å²) in [6, 6.07) is 5.72. The molecular formula is C13H14ClN3O3. The third-order valence-corrected chi connectivity index (χ3v) is 3.33. The van der Waals surface area contributed by atoms with E-state index in [1.54, 1.807) is 0 Å². The van der Waals surface area contributed by atoms with Crippen LogP contribution in [0.3, 0.4) is 0 Å². The van der Waals surface area contributed by atoms with Gasteiger partial charge in [0.15, 0.2) is 0 Å². The molecule has 7 heteroatoms. The predicted octanol–water partition coefficient (Wildman–Crippen LogP) is 2.54. The number of carbonyl (C=O) groups excluding carboxylic acids is 1. The van der Waals surface area contributed by atoms with E-state index in [0.29, 0.717) is 5.56 Å². The fourth-order valence-corrected chi connectivity index (χ4v) is 1.45. The van der Waals surface area contributed by atoms with Gasteiger partial charge in [0.25, 0.3) is 0 Å². The van der Waals surface area contributed by atoms with Crippen molar-refractivity contribution in [1.82, 2.24) is 4.90 Å². The van der Waals surface area contributed by atoms with E-state index >= 15 is 0 Å². The molecule has 0 radical (unpaired) electrons. The Morgan fingerprint density at radius 2 is 2.05 bits per heavy atom. The summed E-state index contributed by atoms with van der Waals surface area (Å²) in [4.78, 5) is 24.2. The molecule has 106 valence electrons. The van der Waals surface area contributed by atoms with E-state index in [2.05, 4.69) is 5.32 Å². The summed E-state index contributed by atoms with van der Waals surface area (Å²) in [5.74, 6) is -1.13. The van der Waals surface area contributed by atoms with Crippen molar-refractivity contribution in [2.75, 3.05) is 12.4 Å². The van der Waals surface area contributed by atoms with Crippen LogP contribution in [0.15, 0.2) is 18.2 Å². The fraction of sp³-hybridized carbons (Fsp3) is 0.308. The van der Waals surface area contributed by atoms with Crippen LogP contribution in [0.1, 0.15) is 19.4 Å². The minimum atomic E-state index is -1.37. The largest absolute Gasteiger partial charge is 0.480 e. The quantitative estimate of drug-likeness (QED) is 0.896. The summed E-state index contributed by atoms with van der Waals surface area (Å²) in [5, 5.41) is 20.6. The van der Waals surface area contributed by atoms with E-state index in [-0.39, 0.29) is 10.7 Å². The van der Waals surface area contributed by atoms with Gasteiger partial charge < -0.3 is 15.3 Å². The van der Waals surface area contributed by atoms with Crippen molar-refractivity contribution in [3.05, 3.63) is 28.8 Å². The lowest BCUT2D eigenvalue weighted by atomic mass is 10.1. The normalized spacial score (nSPS) is 10.6. The van der Waals surface area contributed by atoms with Gasteiger partial charge in [0.1, 0.15) is 5.54 Å². The average molecular weight is 296 g/mol. The Morgan fingerprint density at radius 1 is 1.45 bits per heavy atom. The average Bonchev–Trinajstić information content (AvgIpc) is 2.39. The number of nitrogens with one attached hydrogen (secondary N) is 1. The SMILES string of the molecule is CN(C(=O)Nc1cc(C#N)ccc1Cl)C(C)(C)C(=O)O. The van der Waals surface area contributed by atoms with E-state index < -0.39 is 17.5 Å². The molecule has 0 saturated carbocycles. The second-order valence-electron chi connectivity index (χ2n) is 4.66. The molecule has 0 bridgehead atoms. The maximum absolute atomic E-state index is 12.0. The number of hydrogen-bond acceptors (Lipinski definition) is 3. The van der Waals surface area contributed by atoms with Crippen LogP contribution >= 0.6 is 11.6 Å². The van der Waals surface area contributed by atoms with Gasteiger partial charge in [-0.1, -0.05) is 11.6 Å². The topological polar surface area (TPSA) is 93.4 Å². The molecule has 0 saturated heterocycles. The minimum absolute atomic E-state index is 0.253. The molecule has 0 spiro atoms. The molecule has 0 aliphatic carbocycles. The van der Waals surface area contributed by atoms with E-state index in [9.17, 15) is 9.59 Å². The summed E-state index contributed by atoms with van der Waals surface area (Å²) >= 11 is 5.92. The zero-order chi connectivity index (χ0) is 15.5. The van der Waals surface area contributed by atoms with Gasteiger partial charge in [0.05, 0.1) is 22.3 Å². The lowest BCUT2D eigenvalue weighted by molar-refractivity contribution is -0.146. The first kappa shape index (κ1) is 15.8. The highest BCUT2D eigenvalue weighted by Gasteiger charge is 2.35. The van der Waals surface area contributed by atoms with Crippen LogP contribution in [-0.4, -0.2) is 34.6 Å². The molecule has 2 N–H and O–H groups in total. The highest BCUT2D eigenvalue weighted by molar-refractivity contribution is 6.33. The van der Waals surface area contributed by atoms with Gasteiger partial charge in [-0.3, -0.25) is 0 Å². The standard InChI is InChI=1S/C13H14ClN3O3/c1-13(2,11(18)19)17(3)12(20)16-10-6-8(7-15)4-5-9(10)14/h4-6H,1-3H3,(H,16,20)(H,18,19). The molecule has 20 heavy (non-hydrogen) atoms. The molecule has 0 aliphatic rings. The molecule has 1 rings (SSSR count). The number of carboxylic acids is 1. The molecule has 0 fully saturated rings. The molecule has 0 unspecified atom stereocenters. The van der Waals surface area contributed by atoms with E-state index in [0.717, 1.165) is 4.90 Å². The van der Waals surface area contributed by atoms with Gasteiger partial charge in [-0.25, -0.2) is 9.59 Å². The highest BCUT2D eigenvalue weighted by atomic mass is 35.5. The molecule has 0 aliphatic heterocycles. The van der Waals surface area contributed by atoms with Gasteiger partial charge in [-0.05, 0) is 32.0 Å². The monoisotopic (exact) mass is 295 g/mol. The number of nitriles is 1. The maximum Gasteiger partial charge on any atom is 0.329 e. The molecule has 1 aromatic rings. The number of carbonyl (C=O) groups is 2. The third-order valence-electron chi connectivity index (χ3n) is 3.00. The number of aliphatic carboxylic acids is 1. The molecule has 0 heterocycles. The number of halogens is 1. The smallest absolute Gasteiger partial charge is 0.329 e. The van der Waals surface area contributed by atoms with Crippen molar-refractivity contribution >= 4 is 29.3 Å². The van der Waals surface area contributed by atoms with Crippen LogP contribution in [0.25, 0.3) is 0 Å².